The third-order valence-corrected chi connectivity index (χ3v) is 5.74. The van der Waals surface area contributed by atoms with Gasteiger partial charge in [-0.25, -0.2) is 4.39 Å². The maximum absolute atomic E-state index is 13.4. The van der Waals surface area contributed by atoms with Crippen LogP contribution in [0.4, 0.5) is 10.1 Å². The summed E-state index contributed by atoms with van der Waals surface area (Å²) in [5, 5.41) is 0.329. The molecule has 4 aromatic rings. The minimum Gasteiger partial charge on any atom is -0.493 e. The molecular weight excluding hydrogens is 435 g/mol. The fourth-order valence-electron chi connectivity index (χ4n) is 3.86. The number of methoxy groups -OCH3 is 2. The van der Waals surface area contributed by atoms with Crippen LogP contribution in [0.1, 0.15) is 21.5 Å². The predicted octanol–water partition coefficient (Wildman–Crippen LogP) is 4.50. The number of rotatable bonds is 7. The Hall–Kier alpha value is -4.13. The molecule has 0 aliphatic rings. The Morgan fingerprint density at radius 3 is 2.15 bits per heavy atom. The van der Waals surface area contributed by atoms with E-state index in [0.717, 1.165) is 11.3 Å². The van der Waals surface area contributed by atoms with Crippen LogP contribution >= 0.6 is 0 Å². The van der Waals surface area contributed by atoms with Gasteiger partial charge in [-0.1, -0.05) is 12.1 Å². The van der Waals surface area contributed by atoms with Gasteiger partial charge in [-0.05, 0) is 48.0 Å². The molecule has 0 saturated carbocycles. The van der Waals surface area contributed by atoms with Gasteiger partial charge >= 0.3 is 0 Å². The van der Waals surface area contributed by atoms with E-state index in [4.69, 9.17) is 9.47 Å². The maximum atomic E-state index is 13.4. The zero-order chi connectivity index (χ0) is 24.4. The van der Waals surface area contributed by atoms with Crippen molar-refractivity contribution in [2.75, 3.05) is 33.2 Å². The van der Waals surface area contributed by atoms with Gasteiger partial charge in [0.15, 0.2) is 17.3 Å². The monoisotopic (exact) mass is 460 g/mol. The number of aromatic nitrogens is 1. The Morgan fingerprint density at radius 2 is 1.56 bits per heavy atom. The standard InChI is InChI=1S/C27H25FN2O4/c1-29(2)20-11-5-17(6-12-20)15-30-16-22(26(31)18-7-9-19(28)10-8-18)27(32)21-13-24(33-3)25(34-4)14-23(21)30/h5-14,16H,15H2,1-4H3. The lowest BCUT2D eigenvalue weighted by atomic mass is 10.0. The molecule has 0 spiro atoms. The molecule has 0 radical (unpaired) electrons. The molecule has 1 aromatic heterocycles. The van der Waals surface area contributed by atoms with Crippen LogP contribution in [0.25, 0.3) is 10.9 Å². The normalized spacial score (nSPS) is 10.9. The fourth-order valence-corrected chi connectivity index (χ4v) is 3.86. The number of fused-ring (bicyclic) bond motifs is 1. The summed E-state index contributed by atoms with van der Waals surface area (Å²) in [5.41, 5.74) is 2.47. The van der Waals surface area contributed by atoms with E-state index in [1.807, 2.05) is 47.8 Å². The molecule has 6 nitrogen and oxygen atoms in total. The van der Waals surface area contributed by atoms with E-state index < -0.39 is 17.0 Å². The number of carbonyl (C=O) groups excluding carboxylic acids is 1. The highest BCUT2D eigenvalue weighted by atomic mass is 19.1. The lowest BCUT2D eigenvalue weighted by molar-refractivity contribution is 0.103. The van der Waals surface area contributed by atoms with E-state index in [1.54, 1.807) is 18.3 Å². The molecule has 0 saturated heterocycles. The van der Waals surface area contributed by atoms with Gasteiger partial charge in [0.1, 0.15) is 5.82 Å². The van der Waals surface area contributed by atoms with Gasteiger partial charge < -0.3 is 18.9 Å². The van der Waals surface area contributed by atoms with E-state index >= 15 is 0 Å². The van der Waals surface area contributed by atoms with Crippen molar-refractivity contribution in [3.63, 3.8) is 0 Å². The van der Waals surface area contributed by atoms with Crippen molar-refractivity contribution >= 4 is 22.4 Å². The predicted molar refractivity (Wildman–Crippen MR) is 131 cm³/mol. The van der Waals surface area contributed by atoms with Gasteiger partial charge in [-0.3, -0.25) is 9.59 Å². The summed E-state index contributed by atoms with van der Waals surface area (Å²) in [5.74, 6) is -0.0621. The van der Waals surface area contributed by atoms with Crippen molar-refractivity contribution in [3.05, 3.63) is 99.6 Å². The molecule has 0 bridgehead atoms. The van der Waals surface area contributed by atoms with Crippen LogP contribution in [0.2, 0.25) is 0 Å². The Bertz CT molecular complexity index is 1410. The molecule has 0 fully saturated rings. The summed E-state index contributed by atoms with van der Waals surface area (Å²) < 4.78 is 26.0. The van der Waals surface area contributed by atoms with Crippen molar-refractivity contribution in [1.82, 2.24) is 4.57 Å². The van der Waals surface area contributed by atoms with Crippen molar-refractivity contribution in [2.24, 2.45) is 0 Å². The van der Waals surface area contributed by atoms with Gasteiger partial charge in [0.2, 0.25) is 5.43 Å². The van der Waals surface area contributed by atoms with Gasteiger partial charge in [0.25, 0.3) is 0 Å². The molecule has 0 aliphatic carbocycles. The lowest BCUT2D eigenvalue weighted by Crippen LogP contribution is -2.20. The number of halogens is 1. The molecule has 174 valence electrons. The second-order valence-corrected chi connectivity index (χ2v) is 8.12. The van der Waals surface area contributed by atoms with E-state index in [0.29, 0.717) is 28.9 Å². The Kier molecular flexibility index (Phi) is 6.36. The average molecular weight is 461 g/mol. The number of ketones is 1. The number of anilines is 1. The first kappa shape index (κ1) is 23.0. The van der Waals surface area contributed by atoms with Crippen LogP contribution < -0.4 is 19.8 Å². The Labute approximate surface area is 196 Å². The molecule has 0 unspecified atom stereocenters. The van der Waals surface area contributed by atoms with Crippen LogP contribution in [0.5, 0.6) is 11.5 Å². The molecule has 0 atom stereocenters. The van der Waals surface area contributed by atoms with E-state index in [9.17, 15) is 14.0 Å². The molecule has 0 aliphatic heterocycles. The van der Waals surface area contributed by atoms with Gasteiger partial charge in [0, 0.05) is 44.2 Å². The maximum Gasteiger partial charge on any atom is 0.200 e. The Morgan fingerprint density at radius 1 is 0.941 bits per heavy atom. The fraction of sp³-hybridized carbons (Fsp3) is 0.185. The second-order valence-electron chi connectivity index (χ2n) is 8.12. The second kappa shape index (κ2) is 9.39. The van der Waals surface area contributed by atoms with E-state index in [2.05, 4.69) is 0 Å². The molecule has 7 heteroatoms. The summed E-state index contributed by atoms with van der Waals surface area (Å²) in [6.45, 7) is 0.420. The molecule has 1 heterocycles. The van der Waals surface area contributed by atoms with E-state index in [-0.39, 0.29) is 11.1 Å². The van der Waals surface area contributed by atoms with E-state index in [1.165, 1.54) is 38.5 Å². The number of benzene rings is 3. The summed E-state index contributed by atoms with van der Waals surface area (Å²) in [6, 6.07) is 16.5. The number of hydrogen-bond acceptors (Lipinski definition) is 5. The zero-order valence-corrected chi connectivity index (χ0v) is 19.5. The van der Waals surface area contributed by atoms with Crippen molar-refractivity contribution in [2.45, 2.75) is 6.54 Å². The van der Waals surface area contributed by atoms with Crippen LogP contribution in [0.15, 0.2) is 71.7 Å². The number of nitrogens with zero attached hydrogens (tertiary/aromatic N) is 2. The number of pyridine rings is 1. The van der Waals surface area contributed by atoms with Crippen LogP contribution in [-0.2, 0) is 6.54 Å². The summed E-state index contributed by atoms with van der Waals surface area (Å²) in [6.07, 6.45) is 1.56. The first-order valence-corrected chi connectivity index (χ1v) is 10.7. The highest BCUT2D eigenvalue weighted by molar-refractivity contribution is 6.10. The minimum absolute atomic E-state index is 0.00348. The van der Waals surface area contributed by atoms with Gasteiger partial charge in [-0.2, -0.15) is 0 Å². The summed E-state index contributed by atoms with van der Waals surface area (Å²) >= 11 is 0. The zero-order valence-electron chi connectivity index (χ0n) is 19.5. The number of ether oxygens (including phenoxy) is 2. The highest BCUT2D eigenvalue weighted by Crippen LogP contribution is 2.31. The molecule has 3 aromatic carbocycles. The van der Waals surface area contributed by atoms with Gasteiger partial charge in [-0.15, -0.1) is 0 Å². The van der Waals surface area contributed by atoms with Crippen molar-refractivity contribution < 1.29 is 18.7 Å². The third-order valence-electron chi connectivity index (χ3n) is 5.74. The molecule has 0 amide bonds. The van der Waals surface area contributed by atoms with Crippen molar-refractivity contribution in [3.8, 4) is 11.5 Å². The number of carbonyl (C=O) groups is 1. The van der Waals surface area contributed by atoms with Crippen LogP contribution in [0.3, 0.4) is 0 Å². The Balaban J connectivity index is 1.90. The lowest BCUT2D eigenvalue weighted by Gasteiger charge is -2.17. The van der Waals surface area contributed by atoms with Crippen molar-refractivity contribution in [1.29, 1.82) is 0 Å². The molecule has 4 rings (SSSR count). The first-order valence-electron chi connectivity index (χ1n) is 10.7. The summed E-state index contributed by atoms with van der Waals surface area (Å²) in [4.78, 5) is 28.6. The number of hydrogen-bond donors (Lipinski definition) is 0. The SMILES string of the molecule is COc1cc2c(=O)c(C(=O)c3ccc(F)cc3)cn(Cc3ccc(N(C)C)cc3)c2cc1OC. The van der Waals surface area contributed by atoms with Gasteiger partial charge in [0.05, 0.1) is 30.7 Å². The highest BCUT2D eigenvalue weighted by Gasteiger charge is 2.20. The quantitative estimate of drug-likeness (QED) is 0.380. The third kappa shape index (κ3) is 4.37. The largest absolute Gasteiger partial charge is 0.493 e. The average Bonchev–Trinajstić information content (AvgIpc) is 2.85. The minimum atomic E-state index is -0.474. The first-order chi connectivity index (χ1) is 16.3. The summed E-state index contributed by atoms with van der Waals surface area (Å²) in [7, 11) is 6.95. The molecular formula is C27H25FN2O4. The molecule has 34 heavy (non-hydrogen) atoms. The van der Waals surface area contributed by atoms with Crippen LogP contribution in [0, 0.1) is 5.82 Å². The topological polar surface area (TPSA) is 60.8 Å². The van der Waals surface area contributed by atoms with Crippen LogP contribution in [-0.4, -0.2) is 38.7 Å². The molecule has 0 N–H and O–H groups in total. The smallest absolute Gasteiger partial charge is 0.200 e.